The molecule has 0 unspecified atom stereocenters. The highest BCUT2D eigenvalue weighted by Crippen LogP contribution is 2.39. The molecule has 94 valence electrons. The Balaban J connectivity index is 2.02. The van der Waals surface area contributed by atoms with E-state index < -0.39 is 5.51 Å². The van der Waals surface area contributed by atoms with E-state index in [-0.39, 0.29) is 22.7 Å². The number of rotatable bonds is 3. The van der Waals surface area contributed by atoms with Crippen molar-refractivity contribution in [3.63, 3.8) is 0 Å². The van der Waals surface area contributed by atoms with Gasteiger partial charge in [0.15, 0.2) is 0 Å². The van der Waals surface area contributed by atoms with Crippen LogP contribution in [0.3, 0.4) is 0 Å². The number of nitrogens with two attached hydrogens (primary N) is 1. The fraction of sp³-hybridized carbons (Fsp3) is 0.500. The zero-order valence-corrected chi connectivity index (χ0v) is 10.0. The van der Waals surface area contributed by atoms with E-state index in [9.17, 15) is 13.2 Å². The zero-order chi connectivity index (χ0) is 12.5. The van der Waals surface area contributed by atoms with E-state index in [1.165, 1.54) is 18.6 Å². The summed E-state index contributed by atoms with van der Waals surface area (Å²) >= 11 is -0.0915. The molecule has 0 amide bonds. The van der Waals surface area contributed by atoms with Crippen LogP contribution in [0.5, 0.6) is 0 Å². The minimum Gasteiger partial charge on any atom is -0.324 e. The lowest BCUT2D eigenvalue weighted by atomic mass is 9.78. The van der Waals surface area contributed by atoms with Gasteiger partial charge in [-0.1, -0.05) is 18.6 Å². The molecule has 1 nitrogen and oxygen atoms in total. The number of benzene rings is 1. The Morgan fingerprint density at radius 1 is 1.18 bits per heavy atom. The van der Waals surface area contributed by atoms with Crippen molar-refractivity contribution in [2.75, 3.05) is 0 Å². The highest BCUT2D eigenvalue weighted by atomic mass is 32.2. The quantitative estimate of drug-likeness (QED) is 0.829. The molecule has 1 aliphatic carbocycles. The molecular formula is C12H14F3NS. The summed E-state index contributed by atoms with van der Waals surface area (Å²) in [6, 6.07) is 6.36. The molecule has 2 rings (SSSR count). The van der Waals surface area contributed by atoms with Crippen LogP contribution in [0.25, 0.3) is 0 Å². The highest BCUT2D eigenvalue weighted by molar-refractivity contribution is 8.00. The molecule has 17 heavy (non-hydrogen) atoms. The number of hydrogen-bond acceptors (Lipinski definition) is 2. The van der Waals surface area contributed by atoms with Gasteiger partial charge in [0.25, 0.3) is 0 Å². The molecule has 1 fully saturated rings. The molecule has 1 aromatic carbocycles. The third-order valence-corrected chi connectivity index (χ3v) is 3.90. The molecule has 0 spiro atoms. The van der Waals surface area contributed by atoms with Crippen molar-refractivity contribution in [2.45, 2.75) is 35.7 Å². The van der Waals surface area contributed by atoms with Crippen LogP contribution in [0.1, 0.15) is 30.9 Å². The molecular weight excluding hydrogens is 247 g/mol. The molecule has 0 heterocycles. The summed E-state index contributed by atoms with van der Waals surface area (Å²) in [5, 5.41) is 0. The van der Waals surface area contributed by atoms with Gasteiger partial charge in [-0.25, -0.2) is 0 Å². The molecule has 1 saturated carbocycles. The Kier molecular flexibility index (Phi) is 3.68. The second-order valence-corrected chi connectivity index (χ2v) is 5.47. The normalized spacial score (nSPS) is 18.8. The maximum absolute atomic E-state index is 12.1. The summed E-state index contributed by atoms with van der Waals surface area (Å²) in [7, 11) is 0. The Bertz CT molecular complexity index is 370. The average Bonchev–Trinajstić information content (AvgIpc) is 2.13. The van der Waals surface area contributed by atoms with Crippen LogP contribution in [-0.4, -0.2) is 5.51 Å². The lowest BCUT2D eigenvalue weighted by Gasteiger charge is -2.31. The molecule has 2 N–H and O–H groups in total. The molecule has 0 radical (unpaired) electrons. The SMILES string of the molecule is N[C@H](c1ccc(SC(F)(F)F)cc1)C1CCC1. The third-order valence-electron chi connectivity index (χ3n) is 3.16. The van der Waals surface area contributed by atoms with Crippen LogP contribution in [0.15, 0.2) is 29.2 Å². The minimum atomic E-state index is -4.22. The molecule has 0 aliphatic heterocycles. The van der Waals surface area contributed by atoms with E-state index in [0.717, 1.165) is 18.4 Å². The second kappa shape index (κ2) is 4.90. The predicted octanol–water partition coefficient (Wildman–Crippen LogP) is 4.10. The van der Waals surface area contributed by atoms with Gasteiger partial charge >= 0.3 is 5.51 Å². The smallest absolute Gasteiger partial charge is 0.324 e. The number of hydrogen-bond donors (Lipinski definition) is 1. The Morgan fingerprint density at radius 2 is 1.76 bits per heavy atom. The first kappa shape index (κ1) is 12.8. The number of alkyl halides is 3. The van der Waals surface area contributed by atoms with Crippen LogP contribution in [0, 0.1) is 5.92 Å². The van der Waals surface area contributed by atoms with E-state index >= 15 is 0 Å². The van der Waals surface area contributed by atoms with Crippen LogP contribution in [0.4, 0.5) is 13.2 Å². The van der Waals surface area contributed by atoms with Crippen molar-refractivity contribution >= 4 is 11.8 Å². The van der Waals surface area contributed by atoms with E-state index in [4.69, 9.17) is 5.73 Å². The molecule has 0 bridgehead atoms. The van der Waals surface area contributed by atoms with Crippen LogP contribution >= 0.6 is 11.8 Å². The van der Waals surface area contributed by atoms with Crippen LogP contribution in [-0.2, 0) is 0 Å². The zero-order valence-electron chi connectivity index (χ0n) is 9.20. The summed E-state index contributed by atoms with van der Waals surface area (Å²) in [5.74, 6) is 0.496. The predicted molar refractivity (Wildman–Crippen MR) is 62.6 cm³/mol. The van der Waals surface area contributed by atoms with Crippen molar-refractivity contribution in [3.05, 3.63) is 29.8 Å². The summed E-state index contributed by atoms with van der Waals surface area (Å²) in [5.41, 5.74) is 2.76. The largest absolute Gasteiger partial charge is 0.446 e. The van der Waals surface area contributed by atoms with Gasteiger partial charge in [0.1, 0.15) is 0 Å². The summed E-state index contributed by atoms with van der Waals surface area (Å²) < 4.78 is 36.4. The van der Waals surface area contributed by atoms with Crippen molar-refractivity contribution in [1.82, 2.24) is 0 Å². The minimum absolute atomic E-state index is 0.0336. The lowest BCUT2D eigenvalue weighted by molar-refractivity contribution is -0.0328. The topological polar surface area (TPSA) is 26.0 Å². The summed E-state index contributed by atoms with van der Waals surface area (Å²) in [4.78, 5) is 0.210. The van der Waals surface area contributed by atoms with Gasteiger partial charge in [0.2, 0.25) is 0 Å². The fourth-order valence-corrected chi connectivity index (χ4v) is 2.50. The molecule has 0 saturated heterocycles. The maximum atomic E-state index is 12.1. The molecule has 1 aliphatic rings. The molecule has 1 atom stereocenters. The van der Waals surface area contributed by atoms with Gasteiger partial charge in [-0.15, -0.1) is 0 Å². The average molecular weight is 261 g/mol. The number of halogens is 3. The Labute approximate surface area is 103 Å². The highest BCUT2D eigenvalue weighted by Gasteiger charge is 2.29. The Morgan fingerprint density at radius 3 is 2.18 bits per heavy atom. The van der Waals surface area contributed by atoms with E-state index in [0.29, 0.717) is 5.92 Å². The fourth-order valence-electron chi connectivity index (χ4n) is 1.96. The molecule has 0 aromatic heterocycles. The van der Waals surface area contributed by atoms with Gasteiger partial charge in [0, 0.05) is 10.9 Å². The summed E-state index contributed by atoms with van der Waals surface area (Å²) in [6.45, 7) is 0. The standard InChI is InChI=1S/C12H14F3NS/c13-12(14,15)17-10-6-4-9(5-7-10)11(16)8-2-1-3-8/h4-8,11H,1-3,16H2/t11-/m0/s1. The monoisotopic (exact) mass is 261 g/mol. The van der Waals surface area contributed by atoms with Crippen molar-refractivity contribution in [1.29, 1.82) is 0 Å². The first-order valence-corrected chi connectivity index (χ1v) is 6.38. The van der Waals surface area contributed by atoms with Gasteiger partial charge < -0.3 is 5.73 Å². The van der Waals surface area contributed by atoms with Gasteiger partial charge in [-0.3, -0.25) is 0 Å². The maximum Gasteiger partial charge on any atom is 0.446 e. The van der Waals surface area contributed by atoms with E-state index in [2.05, 4.69) is 0 Å². The molecule has 5 heteroatoms. The van der Waals surface area contributed by atoms with Gasteiger partial charge in [0.05, 0.1) is 0 Å². The first-order valence-electron chi connectivity index (χ1n) is 5.57. The van der Waals surface area contributed by atoms with E-state index in [1.807, 2.05) is 0 Å². The van der Waals surface area contributed by atoms with Crippen molar-refractivity contribution in [3.8, 4) is 0 Å². The number of thioether (sulfide) groups is 1. The second-order valence-electron chi connectivity index (χ2n) is 4.33. The van der Waals surface area contributed by atoms with Crippen molar-refractivity contribution in [2.24, 2.45) is 11.7 Å². The molecule has 1 aromatic rings. The Hall–Kier alpha value is -0.680. The van der Waals surface area contributed by atoms with E-state index in [1.54, 1.807) is 12.1 Å². The lowest BCUT2D eigenvalue weighted by Crippen LogP contribution is -2.26. The van der Waals surface area contributed by atoms with Gasteiger partial charge in [-0.2, -0.15) is 13.2 Å². The first-order chi connectivity index (χ1) is 7.96. The third kappa shape index (κ3) is 3.39. The van der Waals surface area contributed by atoms with Crippen LogP contribution in [0.2, 0.25) is 0 Å². The van der Waals surface area contributed by atoms with Crippen molar-refractivity contribution < 1.29 is 13.2 Å². The van der Waals surface area contributed by atoms with Crippen LogP contribution < -0.4 is 5.73 Å². The summed E-state index contributed by atoms with van der Waals surface area (Å²) in [6.07, 6.45) is 3.46. The van der Waals surface area contributed by atoms with Gasteiger partial charge in [-0.05, 0) is 48.2 Å².